The van der Waals surface area contributed by atoms with Crippen LogP contribution < -0.4 is 10.6 Å². The highest BCUT2D eigenvalue weighted by Crippen LogP contribution is 2.24. The van der Waals surface area contributed by atoms with Crippen molar-refractivity contribution in [2.45, 2.75) is 18.9 Å². The lowest BCUT2D eigenvalue weighted by Crippen LogP contribution is -2.36. The molecule has 2 aromatic heterocycles. The van der Waals surface area contributed by atoms with Crippen LogP contribution in [-0.4, -0.2) is 34.1 Å². The molecule has 2 aromatic rings. The van der Waals surface area contributed by atoms with Gasteiger partial charge in [0.25, 0.3) is 0 Å². The van der Waals surface area contributed by atoms with Gasteiger partial charge >= 0.3 is 0 Å². The third-order valence-corrected chi connectivity index (χ3v) is 3.55. The topological polar surface area (TPSA) is 67.9 Å². The van der Waals surface area contributed by atoms with Crippen LogP contribution in [-0.2, 0) is 0 Å². The highest BCUT2D eigenvalue weighted by Gasteiger charge is 2.25. The maximum absolute atomic E-state index is 13.2. The predicted molar refractivity (Wildman–Crippen MR) is 74.6 cm³/mol. The van der Waals surface area contributed by atoms with Crippen molar-refractivity contribution in [1.29, 1.82) is 0 Å². The molecule has 1 fully saturated rings. The summed E-state index contributed by atoms with van der Waals surface area (Å²) >= 11 is 0. The molecule has 104 valence electrons. The molecule has 5 nitrogen and oxygen atoms in total. The maximum atomic E-state index is 13.2. The minimum absolute atomic E-state index is 0.288. The minimum atomic E-state index is -0.372. The molecule has 2 N–H and O–H groups in total. The van der Waals surface area contributed by atoms with Crippen molar-refractivity contribution in [3.63, 3.8) is 0 Å². The monoisotopic (exact) mass is 273 g/mol. The van der Waals surface area contributed by atoms with Crippen LogP contribution in [0.4, 0.5) is 10.3 Å². The van der Waals surface area contributed by atoms with Crippen LogP contribution in [0.5, 0.6) is 0 Å². The number of nitrogens with zero attached hydrogens (tertiary/aromatic N) is 4. The average molecular weight is 273 g/mol. The number of rotatable bonds is 3. The van der Waals surface area contributed by atoms with Crippen molar-refractivity contribution < 1.29 is 4.39 Å². The minimum Gasteiger partial charge on any atom is -0.337 e. The second-order valence-electron chi connectivity index (χ2n) is 4.86. The van der Waals surface area contributed by atoms with Crippen molar-refractivity contribution in [2.75, 3.05) is 18.0 Å². The van der Waals surface area contributed by atoms with Gasteiger partial charge < -0.3 is 10.6 Å². The van der Waals surface area contributed by atoms with E-state index in [9.17, 15) is 4.39 Å². The third-order valence-electron chi connectivity index (χ3n) is 3.55. The summed E-state index contributed by atoms with van der Waals surface area (Å²) < 4.78 is 13.2. The SMILES string of the molecule is NCC1CCCN1c1nccc(-c2cncc(F)c2)n1. The fourth-order valence-corrected chi connectivity index (χ4v) is 2.54. The molecule has 3 rings (SSSR count). The van der Waals surface area contributed by atoms with Crippen LogP contribution in [0.15, 0.2) is 30.7 Å². The summed E-state index contributed by atoms with van der Waals surface area (Å²) in [6.45, 7) is 1.50. The van der Waals surface area contributed by atoms with Gasteiger partial charge in [-0.3, -0.25) is 4.98 Å². The molecule has 1 atom stereocenters. The summed E-state index contributed by atoms with van der Waals surface area (Å²) in [4.78, 5) is 14.8. The van der Waals surface area contributed by atoms with Gasteiger partial charge in [-0.25, -0.2) is 14.4 Å². The smallest absolute Gasteiger partial charge is 0.226 e. The van der Waals surface area contributed by atoms with Gasteiger partial charge in [-0.15, -0.1) is 0 Å². The number of hydrogen-bond donors (Lipinski definition) is 1. The molecule has 1 aliphatic rings. The summed E-state index contributed by atoms with van der Waals surface area (Å²) in [7, 11) is 0. The summed E-state index contributed by atoms with van der Waals surface area (Å²) in [5.41, 5.74) is 7.09. The molecule has 6 heteroatoms. The summed E-state index contributed by atoms with van der Waals surface area (Å²) in [6.07, 6.45) is 6.62. The first kappa shape index (κ1) is 12.9. The molecule has 0 aliphatic carbocycles. The molecule has 0 spiro atoms. The van der Waals surface area contributed by atoms with E-state index in [2.05, 4.69) is 19.9 Å². The summed E-state index contributed by atoms with van der Waals surface area (Å²) in [5, 5.41) is 0. The Morgan fingerprint density at radius 3 is 3.10 bits per heavy atom. The fourth-order valence-electron chi connectivity index (χ4n) is 2.54. The second kappa shape index (κ2) is 5.50. The molecule has 3 heterocycles. The Morgan fingerprint density at radius 1 is 1.40 bits per heavy atom. The quantitative estimate of drug-likeness (QED) is 0.920. The lowest BCUT2D eigenvalue weighted by atomic mass is 10.2. The van der Waals surface area contributed by atoms with Crippen molar-refractivity contribution in [2.24, 2.45) is 5.73 Å². The Hall–Kier alpha value is -2.08. The fraction of sp³-hybridized carbons (Fsp3) is 0.357. The van der Waals surface area contributed by atoms with E-state index < -0.39 is 0 Å². The molecular weight excluding hydrogens is 257 g/mol. The largest absolute Gasteiger partial charge is 0.337 e. The average Bonchev–Trinajstić information content (AvgIpc) is 2.96. The summed E-state index contributed by atoms with van der Waals surface area (Å²) in [6, 6.07) is 3.47. The highest BCUT2D eigenvalue weighted by molar-refractivity contribution is 5.59. The van der Waals surface area contributed by atoms with Gasteiger partial charge in [-0.1, -0.05) is 0 Å². The molecule has 20 heavy (non-hydrogen) atoms. The van der Waals surface area contributed by atoms with Gasteiger partial charge in [0.05, 0.1) is 11.9 Å². The Kier molecular flexibility index (Phi) is 3.56. The standard InChI is InChI=1S/C14H16FN5/c15-11-6-10(8-17-9-11)13-3-4-18-14(19-13)20-5-1-2-12(20)7-16/h3-4,6,8-9,12H,1-2,5,7,16H2. The van der Waals surface area contributed by atoms with Crippen LogP contribution in [0, 0.1) is 5.82 Å². The molecule has 0 saturated carbocycles. The lowest BCUT2D eigenvalue weighted by Gasteiger charge is -2.23. The Morgan fingerprint density at radius 2 is 2.30 bits per heavy atom. The first-order valence-electron chi connectivity index (χ1n) is 6.68. The number of hydrogen-bond acceptors (Lipinski definition) is 5. The normalized spacial score (nSPS) is 18.5. The first-order valence-corrected chi connectivity index (χ1v) is 6.68. The molecule has 1 saturated heterocycles. The molecular formula is C14H16FN5. The second-order valence-corrected chi connectivity index (χ2v) is 4.86. The van der Waals surface area contributed by atoms with E-state index in [1.165, 1.54) is 12.3 Å². The number of nitrogens with two attached hydrogens (primary N) is 1. The predicted octanol–water partition coefficient (Wildman–Crippen LogP) is 1.61. The lowest BCUT2D eigenvalue weighted by molar-refractivity contribution is 0.622. The zero-order valence-corrected chi connectivity index (χ0v) is 11.0. The van der Waals surface area contributed by atoms with Gasteiger partial charge in [0.1, 0.15) is 5.82 Å². The van der Waals surface area contributed by atoms with E-state index in [1.807, 2.05) is 0 Å². The number of halogens is 1. The van der Waals surface area contributed by atoms with Crippen molar-refractivity contribution >= 4 is 5.95 Å². The van der Waals surface area contributed by atoms with E-state index >= 15 is 0 Å². The Labute approximate surface area is 116 Å². The van der Waals surface area contributed by atoms with Gasteiger partial charge in [-0.2, -0.15) is 0 Å². The zero-order chi connectivity index (χ0) is 13.9. The highest BCUT2D eigenvalue weighted by atomic mass is 19.1. The third kappa shape index (κ3) is 2.46. The van der Waals surface area contributed by atoms with Crippen LogP contribution in [0.1, 0.15) is 12.8 Å². The van der Waals surface area contributed by atoms with E-state index in [-0.39, 0.29) is 11.9 Å². The Balaban J connectivity index is 1.93. The van der Waals surface area contributed by atoms with Gasteiger partial charge in [0.2, 0.25) is 5.95 Å². The van der Waals surface area contributed by atoms with E-state index in [4.69, 9.17) is 5.73 Å². The van der Waals surface area contributed by atoms with E-state index in [0.29, 0.717) is 23.8 Å². The van der Waals surface area contributed by atoms with Crippen LogP contribution in [0.25, 0.3) is 11.3 Å². The zero-order valence-electron chi connectivity index (χ0n) is 11.0. The van der Waals surface area contributed by atoms with Crippen LogP contribution in [0.2, 0.25) is 0 Å². The van der Waals surface area contributed by atoms with Gasteiger partial charge in [0, 0.05) is 37.1 Å². The van der Waals surface area contributed by atoms with Crippen LogP contribution >= 0.6 is 0 Å². The molecule has 0 bridgehead atoms. The van der Waals surface area contributed by atoms with E-state index in [0.717, 1.165) is 19.4 Å². The van der Waals surface area contributed by atoms with Crippen molar-refractivity contribution in [3.8, 4) is 11.3 Å². The number of anilines is 1. The molecule has 1 aliphatic heterocycles. The van der Waals surface area contributed by atoms with Gasteiger partial charge in [0.15, 0.2) is 0 Å². The van der Waals surface area contributed by atoms with E-state index in [1.54, 1.807) is 18.5 Å². The number of pyridine rings is 1. The molecule has 1 unspecified atom stereocenters. The van der Waals surface area contributed by atoms with Gasteiger partial charge in [-0.05, 0) is 25.0 Å². The van der Waals surface area contributed by atoms with Crippen LogP contribution in [0.3, 0.4) is 0 Å². The summed E-state index contributed by atoms with van der Waals surface area (Å²) in [5.74, 6) is 0.281. The number of aromatic nitrogens is 3. The maximum Gasteiger partial charge on any atom is 0.226 e. The Bertz CT molecular complexity index is 604. The first-order chi connectivity index (χ1) is 9.78. The van der Waals surface area contributed by atoms with Crippen molar-refractivity contribution in [1.82, 2.24) is 15.0 Å². The molecule has 0 aromatic carbocycles. The van der Waals surface area contributed by atoms with Crippen molar-refractivity contribution in [3.05, 3.63) is 36.5 Å². The molecule has 0 amide bonds. The molecule has 0 radical (unpaired) electrons.